The molecule has 1 fully saturated rings. The van der Waals surface area contributed by atoms with Gasteiger partial charge in [0.1, 0.15) is 5.75 Å². The minimum Gasteiger partial charge on any atom is -0.508 e. The molecule has 0 spiro atoms. The van der Waals surface area contributed by atoms with Crippen molar-refractivity contribution in [1.82, 2.24) is 4.90 Å². The van der Waals surface area contributed by atoms with E-state index in [0.29, 0.717) is 17.7 Å². The maximum Gasteiger partial charge on any atom is 0.115 e. The van der Waals surface area contributed by atoms with Crippen LogP contribution in [0.1, 0.15) is 37.8 Å². The fourth-order valence-corrected chi connectivity index (χ4v) is 4.36. The molecular weight excluding hydrogens is 246 g/mol. The van der Waals surface area contributed by atoms with Crippen molar-refractivity contribution < 1.29 is 5.11 Å². The Balaban J connectivity index is 2.08. The van der Waals surface area contributed by atoms with Gasteiger partial charge in [-0.25, -0.2) is 0 Å². The topological polar surface area (TPSA) is 23.5 Å². The number of benzene rings is 1. The van der Waals surface area contributed by atoms with E-state index in [1.165, 1.54) is 24.0 Å². The molecule has 2 nitrogen and oxygen atoms in total. The molecule has 1 aromatic carbocycles. The highest BCUT2D eigenvalue weighted by Gasteiger charge is 2.46. The van der Waals surface area contributed by atoms with E-state index >= 15 is 0 Å². The van der Waals surface area contributed by atoms with Gasteiger partial charge in [-0.1, -0.05) is 26.0 Å². The minimum atomic E-state index is 0.187. The van der Waals surface area contributed by atoms with Crippen molar-refractivity contribution >= 4 is 0 Å². The van der Waals surface area contributed by atoms with Crippen molar-refractivity contribution in [3.63, 3.8) is 0 Å². The summed E-state index contributed by atoms with van der Waals surface area (Å²) in [6, 6.07) is 6.56. The summed E-state index contributed by atoms with van der Waals surface area (Å²) in [5.41, 5.74) is 2.98. The second kappa shape index (κ2) is 4.92. The first kappa shape index (κ1) is 13.7. The van der Waals surface area contributed by atoms with Crippen LogP contribution in [-0.4, -0.2) is 29.1 Å². The molecule has 3 rings (SSSR count). The Labute approximate surface area is 122 Å². The number of fused-ring (bicyclic) bond motifs is 4. The predicted octanol–water partition coefficient (Wildman–Crippen LogP) is 3.49. The van der Waals surface area contributed by atoms with Crippen LogP contribution in [-0.2, 0) is 11.8 Å². The van der Waals surface area contributed by atoms with Gasteiger partial charge in [0.25, 0.3) is 0 Å². The zero-order valence-corrected chi connectivity index (χ0v) is 12.6. The minimum absolute atomic E-state index is 0.187. The lowest BCUT2D eigenvalue weighted by molar-refractivity contribution is 0.130. The number of hydrogen-bond donors (Lipinski definition) is 1. The van der Waals surface area contributed by atoms with E-state index in [1.807, 2.05) is 18.2 Å². The maximum atomic E-state index is 9.87. The Kier molecular flexibility index (Phi) is 3.37. The Hall–Kier alpha value is -1.28. The van der Waals surface area contributed by atoms with Gasteiger partial charge in [-0.05, 0) is 60.4 Å². The third-order valence-corrected chi connectivity index (χ3v) is 5.69. The molecule has 0 unspecified atom stereocenters. The van der Waals surface area contributed by atoms with Crippen molar-refractivity contribution in [2.75, 3.05) is 13.1 Å². The Bertz CT molecular complexity index is 524. The number of phenols is 1. The fraction of sp³-hybridized carbons (Fsp3) is 0.556. The van der Waals surface area contributed by atoms with E-state index in [2.05, 4.69) is 31.4 Å². The molecule has 2 aliphatic rings. The lowest BCUT2D eigenvalue weighted by atomic mass is 9.61. The first-order valence-electron chi connectivity index (χ1n) is 7.73. The van der Waals surface area contributed by atoms with Crippen molar-refractivity contribution in [2.24, 2.45) is 5.92 Å². The van der Waals surface area contributed by atoms with Gasteiger partial charge >= 0.3 is 0 Å². The second-order valence-electron chi connectivity index (χ2n) is 6.71. The van der Waals surface area contributed by atoms with Gasteiger partial charge in [-0.15, -0.1) is 6.58 Å². The van der Waals surface area contributed by atoms with Gasteiger partial charge in [0, 0.05) is 12.6 Å². The van der Waals surface area contributed by atoms with Crippen molar-refractivity contribution in [3.8, 4) is 5.75 Å². The molecule has 0 radical (unpaired) electrons. The summed E-state index contributed by atoms with van der Waals surface area (Å²) in [4.78, 5) is 2.60. The summed E-state index contributed by atoms with van der Waals surface area (Å²) in [5.74, 6) is 1.02. The molecule has 1 aromatic rings. The molecule has 1 aliphatic heterocycles. The molecule has 20 heavy (non-hydrogen) atoms. The lowest BCUT2D eigenvalue weighted by Gasteiger charge is -2.47. The van der Waals surface area contributed by atoms with Crippen LogP contribution in [0.4, 0.5) is 0 Å². The molecule has 0 aromatic heterocycles. The number of nitrogens with zero attached hydrogens (tertiary/aromatic N) is 1. The van der Waals surface area contributed by atoms with Crippen LogP contribution in [0.25, 0.3) is 0 Å². The molecule has 0 amide bonds. The Morgan fingerprint density at radius 1 is 1.50 bits per heavy atom. The first-order chi connectivity index (χ1) is 9.56. The molecule has 2 heteroatoms. The van der Waals surface area contributed by atoms with Gasteiger partial charge in [-0.3, -0.25) is 4.90 Å². The van der Waals surface area contributed by atoms with Crippen LogP contribution in [0, 0.1) is 5.92 Å². The van der Waals surface area contributed by atoms with Crippen LogP contribution < -0.4 is 0 Å². The number of aromatic hydroxyl groups is 1. The number of hydrogen-bond acceptors (Lipinski definition) is 2. The third-order valence-electron chi connectivity index (χ3n) is 5.69. The first-order valence-corrected chi connectivity index (χ1v) is 7.73. The largest absolute Gasteiger partial charge is 0.508 e. The van der Waals surface area contributed by atoms with E-state index in [4.69, 9.17) is 0 Å². The molecule has 1 saturated heterocycles. The summed E-state index contributed by atoms with van der Waals surface area (Å²) < 4.78 is 0. The van der Waals surface area contributed by atoms with Crippen molar-refractivity contribution in [2.45, 2.75) is 44.6 Å². The quantitative estimate of drug-likeness (QED) is 0.832. The van der Waals surface area contributed by atoms with E-state index in [0.717, 1.165) is 19.5 Å². The van der Waals surface area contributed by atoms with Gasteiger partial charge < -0.3 is 5.11 Å². The van der Waals surface area contributed by atoms with Gasteiger partial charge in [0.05, 0.1) is 0 Å². The van der Waals surface area contributed by atoms with E-state index in [-0.39, 0.29) is 5.41 Å². The van der Waals surface area contributed by atoms with E-state index < -0.39 is 0 Å². The Morgan fingerprint density at radius 2 is 2.30 bits per heavy atom. The van der Waals surface area contributed by atoms with Crippen LogP contribution in [0.2, 0.25) is 0 Å². The molecule has 3 atom stereocenters. The van der Waals surface area contributed by atoms with E-state index in [1.54, 1.807) is 0 Å². The molecule has 1 N–H and O–H groups in total. The summed E-state index contributed by atoms with van der Waals surface area (Å²) in [5, 5.41) is 9.87. The zero-order chi connectivity index (χ0) is 14.3. The third kappa shape index (κ3) is 1.98. The molecule has 1 aliphatic carbocycles. The lowest BCUT2D eigenvalue weighted by Crippen LogP contribution is -2.49. The average molecular weight is 271 g/mol. The average Bonchev–Trinajstić information content (AvgIpc) is 2.50. The summed E-state index contributed by atoms with van der Waals surface area (Å²) >= 11 is 0. The van der Waals surface area contributed by atoms with Gasteiger partial charge in [0.2, 0.25) is 0 Å². The molecule has 0 saturated carbocycles. The summed E-state index contributed by atoms with van der Waals surface area (Å²) in [6.07, 6.45) is 5.55. The monoisotopic (exact) mass is 271 g/mol. The van der Waals surface area contributed by atoms with Crippen molar-refractivity contribution in [3.05, 3.63) is 42.0 Å². The van der Waals surface area contributed by atoms with Crippen LogP contribution in [0.5, 0.6) is 5.75 Å². The maximum absolute atomic E-state index is 9.87. The van der Waals surface area contributed by atoms with Gasteiger partial charge in [-0.2, -0.15) is 0 Å². The highest BCUT2D eigenvalue weighted by Crippen LogP contribution is 2.48. The fourth-order valence-electron chi connectivity index (χ4n) is 4.36. The molecule has 108 valence electrons. The second-order valence-corrected chi connectivity index (χ2v) is 6.71. The predicted molar refractivity (Wildman–Crippen MR) is 83.1 cm³/mol. The molecule has 2 bridgehead atoms. The van der Waals surface area contributed by atoms with E-state index in [9.17, 15) is 5.11 Å². The molecule has 1 heterocycles. The Morgan fingerprint density at radius 3 is 3.05 bits per heavy atom. The summed E-state index contributed by atoms with van der Waals surface area (Å²) in [6.45, 7) is 10.8. The van der Waals surface area contributed by atoms with Crippen molar-refractivity contribution in [1.29, 1.82) is 0 Å². The highest BCUT2D eigenvalue weighted by atomic mass is 16.3. The summed E-state index contributed by atoms with van der Waals surface area (Å²) in [7, 11) is 0. The van der Waals surface area contributed by atoms with Crippen LogP contribution in [0.15, 0.2) is 30.9 Å². The van der Waals surface area contributed by atoms with Crippen LogP contribution in [0.3, 0.4) is 0 Å². The SMILES string of the molecule is C=CCN1CCC[C@]2(C)c3cc(O)ccc3C[C@H]1[C@H]2C. The normalized spacial score (nSPS) is 33.3. The highest BCUT2D eigenvalue weighted by molar-refractivity contribution is 5.43. The smallest absolute Gasteiger partial charge is 0.115 e. The zero-order valence-electron chi connectivity index (χ0n) is 12.6. The standard InChI is InChI=1S/C18H25NO/c1-4-9-19-10-5-8-18(3)13(2)17(19)11-14-6-7-15(20)12-16(14)18/h4,6-7,12-13,17,20H,1,5,8-11H2,2-3H3/t13-,17+,18+/m1/s1. The number of phenolic OH excluding ortho intramolecular Hbond substituents is 1. The molecular formula is C18H25NO. The number of rotatable bonds is 2. The van der Waals surface area contributed by atoms with Gasteiger partial charge in [0.15, 0.2) is 0 Å². The number of likely N-dealkylation sites (tertiary alicyclic amines) is 1. The van der Waals surface area contributed by atoms with Crippen LogP contribution >= 0.6 is 0 Å².